The lowest BCUT2D eigenvalue weighted by atomic mass is 9.92. The molecule has 176 valence electrons. The molecule has 3 aromatic carbocycles. The van der Waals surface area contributed by atoms with Gasteiger partial charge in [0.05, 0.1) is 0 Å². The second kappa shape index (κ2) is 7.65. The molecule has 0 saturated heterocycles. The van der Waals surface area contributed by atoms with E-state index >= 15 is 0 Å². The van der Waals surface area contributed by atoms with Crippen molar-refractivity contribution in [2.24, 2.45) is 0 Å². The monoisotopic (exact) mass is 500 g/mol. The van der Waals surface area contributed by atoms with Gasteiger partial charge >= 0.3 is 0 Å². The Morgan fingerprint density at radius 1 is 0.444 bits per heavy atom. The van der Waals surface area contributed by atoms with Crippen LogP contribution in [0.25, 0.3) is 33.4 Å². The normalized spacial score (nSPS) is 13.2. The molecule has 0 radical (unpaired) electrons. The maximum Gasteiger partial charge on any atom is 0.0433 e. The van der Waals surface area contributed by atoms with E-state index in [1.54, 1.807) is 0 Å². The Bertz CT molecular complexity index is 1700. The lowest BCUT2D eigenvalue weighted by Gasteiger charge is -2.13. The van der Waals surface area contributed by atoms with Gasteiger partial charge in [-0.05, 0) is 132 Å². The van der Waals surface area contributed by atoms with E-state index in [1.165, 1.54) is 98.1 Å². The van der Waals surface area contributed by atoms with Crippen LogP contribution in [0.5, 0.6) is 0 Å². The Morgan fingerprint density at radius 2 is 0.806 bits per heavy atom. The summed E-state index contributed by atoms with van der Waals surface area (Å²) in [6.45, 7) is 13.5. The summed E-state index contributed by atoms with van der Waals surface area (Å²) in [6, 6.07) is 19.0. The van der Waals surface area contributed by atoms with Crippen LogP contribution in [0.2, 0.25) is 0 Å². The van der Waals surface area contributed by atoms with Gasteiger partial charge in [0.25, 0.3) is 0 Å². The molecule has 0 nitrogen and oxygen atoms in total. The zero-order valence-corrected chi connectivity index (χ0v) is 23.2. The molecule has 0 aliphatic heterocycles. The quantitative estimate of drug-likeness (QED) is 0.225. The van der Waals surface area contributed by atoms with Crippen molar-refractivity contribution in [3.05, 3.63) is 124 Å². The van der Waals surface area contributed by atoms with E-state index in [-0.39, 0.29) is 0 Å². The van der Waals surface area contributed by atoms with Gasteiger partial charge in [-0.2, -0.15) is 0 Å². The fourth-order valence-electron chi connectivity index (χ4n) is 6.78. The summed E-state index contributed by atoms with van der Waals surface area (Å²) in [7, 11) is 0. The average molecular weight is 501 g/mol. The molecule has 0 unspecified atom stereocenters. The molecule has 0 saturated carbocycles. The summed E-state index contributed by atoms with van der Waals surface area (Å²) in [6.07, 6.45) is 0. The van der Waals surface area contributed by atoms with Gasteiger partial charge in [0, 0.05) is 32.0 Å². The predicted molar refractivity (Wildman–Crippen MR) is 157 cm³/mol. The van der Waals surface area contributed by atoms with Crippen LogP contribution < -0.4 is 10.4 Å². The zero-order valence-electron chi connectivity index (χ0n) is 21.6. The van der Waals surface area contributed by atoms with Crippen molar-refractivity contribution in [1.29, 1.82) is 0 Å². The Kier molecular flexibility index (Phi) is 4.68. The molecule has 7 rings (SSSR count). The van der Waals surface area contributed by atoms with Crippen molar-refractivity contribution < 1.29 is 0 Å². The fraction of sp³-hybridized carbons (Fsp3) is 0.176. The van der Waals surface area contributed by atoms with Crippen molar-refractivity contribution in [2.75, 3.05) is 0 Å². The fourth-order valence-corrected chi connectivity index (χ4v) is 8.73. The number of benzene rings is 3. The van der Waals surface area contributed by atoms with E-state index in [1.807, 2.05) is 22.7 Å². The maximum atomic E-state index is 2.50. The Balaban J connectivity index is 1.64. The third-order valence-corrected chi connectivity index (χ3v) is 9.78. The van der Waals surface area contributed by atoms with E-state index < -0.39 is 0 Å². The summed E-state index contributed by atoms with van der Waals surface area (Å²) in [5, 5.41) is 7.30. The first-order valence-corrected chi connectivity index (χ1v) is 14.3. The highest BCUT2D eigenvalue weighted by atomic mass is 32.1. The highest BCUT2D eigenvalue weighted by Gasteiger charge is 2.30. The maximum absolute atomic E-state index is 2.50. The minimum absolute atomic E-state index is 1.33. The van der Waals surface area contributed by atoms with Crippen LogP contribution in [0.3, 0.4) is 0 Å². The van der Waals surface area contributed by atoms with Crippen LogP contribution >= 0.6 is 22.7 Å². The van der Waals surface area contributed by atoms with E-state index in [4.69, 9.17) is 0 Å². The van der Waals surface area contributed by atoms with Crippen molar-refractivity contribution >= 4 is 33.8 Å². The largest absolute Gasteiger partial charge is 0.143 e. The second-order valence-corrected chi connectivity index (χ2v) is 12.4. The molecule has 36 heavy (non-hydrogen) atoms. The van der Waals surface area contributed by atoms with E-state index in [0.717, 1.165) is 0 Å². The van der Waals surface area contributed by atoms with Crippen LogP contribution in [0, 0.1) is 41.5 Å². The van der Waals surface area contributed by atoms with Crippen molar-refractivity contribution in [3.63, 3.8) is 0 Å². The molecular weight excluding hydrogens is 473 g/mol. The molecule has 2 heterocycles. The number of hydrogen-bond acceptors (Lipinski definition) is 2. The van der Waals surface area contributed by atoms with Gasteiger partial charge < -0.3 is 0 Å². The number of thiophene rings is 2. The average Bonchev–Trinajstić information content (AvgIpc) is 3.55. The number of aryl methyl sites for hydroxylation is 6. The van der Waals surface area contributed by atoms with Gasteiger partial charge in [-0.3, -0.25) is 0 Å². The van der Waals surface area contributed by atoms with Crippen LogP contribution in [0.15, 0.2) is 59.3 Å². The molecule has 2 aromatic heterocycles. The van der Waals surface area contributed by atoms with Gasteiger partial charge in [0.2, 0.25) is 0 Å². The molecule has 5 aromatic rings. The smallest absolute Gasteiger partial charge is 0.0433 e. The zero-order chi connectivity index (χ0) is 24.9. The van der Waals surface area contributed by atoms with Crippen molar-refractivity contribution in [2.45, 2.75) is 41.5 Å². The molecule has 2 aliphatic carbocycles. The highest BCUT2D eigenvalue weighted by molar-refractivity contribution is 7.12. The lowest BCUT2D eigenvalue weighted by Crippen LogP contribution is -2.16. The van der Waals surface area contributed by atoms with Gasteiger partial charge in [-0.25, -0.2) is 0 Å². The molecule has 0 bridgehead atoms. The standard InChI is InChI=1S/C34H28S2/c1-17-11-19(3)29(20(4)12-17)31-27-15-26-24-8-10-36-34(24)32(30-21(5)13-18(2)14-22(30)6)28(26)16-25(27)23-7-9-35-33(23)31/h7-16H,1-6H3. The van der Waals surface area contributed by atoms with Gasteiger partial charge in [-0.1, -0.05) is 35.4 Å². The topological polar surface area (TPSA) is 0 Å². The van der Waals surface area contributed by atoms with Crippen LogP contribution in [-0.2, 0) is 0 Å². The van der Waals surface area contributed by atoms with Gasteiger partial charge in [-0.15, -0.1) is 22.7 Å². The third kappa shape index (κ3) is 2.92. The number of fused-ring (bicyclic) bond motifs is 6. The molecule has 0 spiro atoms. The molecule has 2 aliphatic rings. The minimum atomic E-state index is 1.33. The third-order valence-electron chi connectivity index (χ3n) is 7.92. The van der Waals surface area contributed by atoms with Crippen LogP contribution in [0.1, 0.15) is 54.3 Å². The summed E-state index contributed by atoms with van der Waals surface area (Å²) < 4.78 is 0. The molecule has 0 atom stereocenters. The number of hydrogen-bond donors (Lipinski definition) is 0. The lowest BCUT2D eigenvalue weighted by molar-refractivity contribution is 1.29. The van der Waals surface area contributed by atoms with E-state index in [9.17, 15) is 0 Å². The summed E-state index contributed by atoms with van der Waals surface area (Å²) >= 11 is 3.76. The first-order chi connectivity index (χ1) is 17.3. The first kappa shape index (κ1) is 22.0. The van der Waals surface area contributed by atoms with E-state index in [0.29, 0.717) is 0 Å². The predicted octanol–water partition coefficient (Wildman–Crippen LogP) is 8.12. The SMILES string of the molecule is Cc1cc(C)c(C2=c3cc4c(cc3-c3ccsc32)=C(c2c(C)cc(C)cc2C)c2sccc2-4)c(C)c1. The summed E-state index contributed by atoms with van der Waals surface area (Å²) in [5.41, 5.74) is 19.3. The van der Waals surface area contributed by atoms with Crippen molar-refractivity contribution in [3.8, 4) is 22.3 Å². The van der Waals surface area contributed by atoms with Gasteiger partial charge in [0.15, 0.2) is 0 Å². The first-order valence-electron chi connectivity index (χ1n) is 12.6. The Hall–Kier alpha value is -3.20. The molecule has 0 fully saturated rings. The summed E-state index contributed by atoms with van der Waals surface area (Å²) in [5.74, 6) is 0. The Morgan fingerprint density at radius 3 is 1.17 bits per heavy atom. The molecule has 2 heteroatoms. The molecular formula is C34H28S2. The van der Waals surface area contributed by atoms with Gasteiger partial charge in [0.1, 0.15) is 0 Å². The minimum Gasteiger partial charge on any atom is -0.143 e. The summed E-state index contributed by atoms with van der Waals surface area (Å²) in [4.78, 5) is 2.83. The number of rotatable bonds is 2. The van der Waals surface area contributed by atoms with E-state index in [2.05, 4.69) is 101 Å². The highest BCUT2D eigenvalue weighted by Crippen LogP contribution is 2.45. The Labute approximate surface area is 220 Å². The molecule has 0 N–H and O–H groups in total. The second-order valence-electron chi connectivity index (χ2n) is 10.6. The van der Waals surface area contributed by atoms with Crippen LogP contribution in [0.4, 0.5) is 0 Å². The van der Waals surface area contributed by atoms with Crippen molar-refractivity contribution in [1.82, 2.24) is 0 Å². The molecule has 0 amide bonds. The van der Waals surface area contributed by atoms with Crippen LogP contribution in [-0.4, -0.2) is 0 Å².